The zero-order valence-electron chi connectivity index (χ0n) is 19.1. The minimum Gasteiger partial charge on any atom is -0.480 e. The number of nitrogens with one attached hydrogen (secondary N) is 1. The first-order chi connectivity index (χ1) is 16.0. The lowest BCUT2D eigenvalue weighted by Gasteiger charge is -2.25. The molecule has 0 unspecified atom stereocenters. The van der Waals surface area contributed by atoms with Crippen LogP contribution >= 0.6 is 0 Å². The molecule has 170 valence electrons. The zero-order valence-corrected chi connectivity index (χ0v) is 19.1. The molecule has 0 spiro atoms. The van der Waals surface area contributed by atoms with Crippen LogP contribution in [0.4, 0.5) is 0 Å². The van der Waals surface area contributed by atoms with Crippen LogP contribution in [0.3, 0.4) is 0 Å². The molecule has 0 saturated heterocycles. The summed E-state index contributed by atoms with van der Waals surface area (Å²) < 4.78 is 0. The van der Waals surface area contributed by atoms with Crippen molar-refractivity contribution in [3.05, 3.63) is 83.9 Å². The molecule has 0 aromatic heterocycles. The Hall–Kier alpha value is -3.40. The van der Waals surface area contributed by atoms with Crippen LogP contribution in [0.5, 0.6) is 0 Å². The topological polar surface area (TPSA) is 66.4 Å². The van der Waals surface area contributed by atoms with Crippen molar-refractivity contribution in [2.24, 2.45) is 5.92 Å². The van der Waals surface area contributed by atoms with Gasteiger partial charge in [-0.05, 0) is 59.2 Å². The van der Waals surface area contributed by atoms with Crippen LogP contribution in [0.25, 0.3) is 22.3 Å². The minimum atomic E-state index is -0.958. The van der Waals surface area contributed by atoms with Gasteiger partial charge in [-0.25, -0.2) is 4.79 Å². The smallest absolute Gasteiger partial charge is 0.326 e. The first kappa shape index (κ1) is 22.8. The van der Waals surface area contributed by atoms with E-state index in [1.807, 2.05) is 37.3 Å². The highest BCUT2D eigenvalue weighted by atomic mass is 16.4. The SMILES string of the molecule is Cc1cc(C(=O)N[C@@H](CC2CCCCC2)C(=O)O)ccc1-c1ccc(-c2ccccc2)cc1. The maximum Gasteiger partial charge on any atom is 0.326 e. The number of carbonyl (C=O) groups is 2. The van der Waals surface area contributed by atoms with E-state index in [1.165, 1.54) is 12.0 Å². The third-order valence-electron chi connectivity index (χ3n) is 6.69. The average molecular weight is 442 g/mol. The molecule has 1 atom stereocenters. The first-order valence-electron chi connectivity index (χ1n) is 11.8. The maximum absolute atomic E-state index is 12.8. The molecule has 3 aromatic rings. The fourth-order valence-corrected chi connectivity index (χ4v) is 4.82. The molecule has 33 heavy (non-hydrogen) atoms. The lowest BCUT2D eigenvalue weighted by atomic mass is 9.85. The van der Waals surface area contributed by atoms with Gasteiger partial charge in [0.2, 0.25) is 0 Å². The Morgan fingerprint density at radius 3 is 2.15 bits per heavy atom. The van der Waals surface area contributed by atoms with E-state index < -0.39 is 12.0 Å². The number of amides is 1. The van der Waals surface area contributed by atoms with E-state index >= 15 is 0 Å². The molecule has 1 fully saturated rings. The molecule has 1 saturated carbocycles. The summed E-state index contributed by atoms with van der Waals surface area (Å²) in [6.45, 7) is 1.98. The van der Waals surface area contributed by atoms with Crippen LogP contribution in [-0.2, 0) is 4.79 Å². The summed E-state index contributed by atoms with van der Waals surface area (Å²) in [7, 11) is 0. The Morgan fingerprint density at radius 2 is 1.52 bits per heavy atom. The van der Waals surface area contributed by atoms with Gasteiger partial charge in [0.25, 0.3) is 5.91 Å². The van der Waals surface area contributed by atoms with E-state index in [9.17, 15) is 14.7 Å². The van der Waals surface area contributed by atoms with Crippen LogP contribution in [0.1, 0.15) is 54.4 Å². The number of carboxylic acid groups (broad SMARTS) is 1. The third kappa shape index (κ3) is 5.70. The number of hydrogen-bond acceptors (Lipinski definition) is 2. The fourth-order valence-electron chi connectivity index (χ4n) is 4.82. The van der Waals surface area contributed by atoms with Gasteiger partial charge in [-0.3, -0.25) is 4.79 Å². The molecule has 4 rings (SSSR count). The first-order valence-corrected chi connectivity index (χ1v) is 11.8. The van der Waals surface area contributed by atoms with Crippen molar-refractivity contribution in [2.45, 2.75) is 51.5 Å². The van der Waals surface area contributed by atoms with Crippen LogP contribution in [0, 0.1) is 12.8 Å². The predicted octanol–water partition coefficient (Wildman–Crippen LogP) is 6.48. The largest absolute Gasteiger partial charge is 0.480 e. The summed E-state index contributed by atoms with van der Waals surface area (Å²) in [6.07, 6.45) is 6.13. The number of hydrogen-bond donors (Lipinski definition) is 2. The van der Waals surface area contributed by atoms with E-state index in [-0.39, 0.29) is 5.91 Å². The van der Waals surface area contributed by atoms with Crippen molar-refractivity contribution in [3.63, 3.8) is 0 Å². The van der Waals surface area contributed by atoms with Gasteiger partial charge in [0.05, 0.1) is 0 Å². The molecule has 0 heterocycles. The number of carbonyl (C=O) groups excluding carboxylic acids is 1. The van der Waals surface area contributed by atoms with Gasteiger partial charge in [-0.2, -0.15) is 0 Å². The number of benzene rings is 3. The monoisotopic (exact) mass is 441 g/mol. The highest BCUT2D eigenvalue weighted by Crippen LogP contribution is 2.29. The average Bonchev–Trinajstić information content (AvgIpc) is 2.85. The van der Waals surface area contributed by atoms with Gasteiger partial charge in [0, 0.05) is 5.56 Å². The van der Waals surface area contributed by atoms with Crippen molar-refractivity contribution in [1.29, 1.82) is 0 Å². The normalized spacial score (nSPS) is 15.1. The third-order valence-corrected chi connectivity index (χ3v) is 6.69. The minimum absolute atomic E-state index is 0.327. The van der Waals surface area contributed by atoms with Crippen LogP contribution in [-0.4, -0.2) is 23.0 Å². The van der Waals surface area contributed by atoms with Crippen molar-refractivity contribution in [1.82, 2.24) is 5.32 Å². The van der Waals surface area contributed by atoms with E-state index in [2.05, 4.69) is 41.7 Å². The zero-order chi connectivity index (χ0) is 23.2. The molecule has 4 heteroatoms. The van der Waals surface area contributed by atoms with Crippen molar-refractivity contribution in [3.8, 4) is 22.3 Å². The summed E-state index contributed by atoms with van der Waals surface area (Å²) in [6, 6.07) is 23.4. The molecule has 1 amide bonds. The molecule has 1 aliphatic carbocycles. The quantitative estimate of drug-likeness (QED) is 0.441. The van der Waals surface area contributed by atoms with E-state index in [4.69, 9.17) is 0 Å². The van der Waals surface area contributed by atoms with Gasteiger partial charge in [0.15, 0.2) is 0 Å². The van der Waals surface area contributed by atoms with Crippen molar-refractivity contribution < 1.29 is 14.7 Å². The number of rotatable bonds is 7. The lowest BCUT2D eigenvalue weighted by molar-refractivity contribution is -0.139. The second kappa shape index (κ2) is 10.5. The highest BCUT2D eigenvalue weighted by Gasteiger charge is 2.26. The second-order valence-corrected chi connectivity index (χ2v) is 9.08. The Morgan fingerprint density at radius 1 is 0.879 bits per heavy atom. The molecular weight excluding hydrogens is 410 g/mol. The molecular formula is C29H31NO3. The summed E-state index contributed by atoms with van der Waals surface area (Å²) in [5.74, 6) is -0.906. The Kier molecular flexibility index (Phi) is 7.23. The number of carboxylic acids is 1. The fraction of sp³-hybridized carbons (Fsp3) is 0.310. The Labute approximate surface area is 195 Å². The number of aryl methyl sites for hydroxylation is 1. The molecule has 0 radical (unpaired) electrons. The standard InChI is InChI=1S/C29H31NO3/c1-20-18-25(28(31)30-27(29(32)33)19-21-8-4-2-5-9-21)16-17-26(20)24-14-12-23(13-15-24)22-10-6-3-7-11-22/h3,6-7,10-18,21,27H,2,4-5,8-9,19H2,1H3,(H,30,31)(H,32,33)/t27-/m0/s1. The molecule has 3 aromatic carbocycles. The van der Waals surface area contributed by atoms with Crippen LogP contribution in [0.2, 0.25) is 0 Å². The van der Waals surface area contributed by atoms with Gasteiger partial charge in [0.1, 0.15) is 6.04 Å². The highest BCUT2D eigenvalue weighted by molar-refractivity contribution is 5.97. The Balaban J connectivity index is 1.46. The second-order valence-electron chi connectivity index (χ2n) is 9.08. The molecule has 1 aliphatic rings. The Bertz CT molecular complexity index is 1100. The summed E-state index contributed by atoms with van der Waals surface area (Å²) in [5.41, 5.74) is 5.95. The molecule has 0 bridgehead atoms. The summed E-state index contributed by atoms with van der Waals surface area (Å²) in [4.78, 5) is 24.6. The van der Waals surface area contributed by atoms with E-state index in [0.29, 0.717) is 17.9 Å². The van der Waals surface area contributed by atoms with Crippen molar-refractivity contribution in [2.75, 3.05) is 0 Å². The van der Waals surface area contributed by atoms with Gasteiger partial charge in [-0.1, -0.05) is 92.8 Å². The summed E-state index contributed by atoms with van der Waals surface area (Å²) in [5, 5.41) is 12.4. The predicted molar refractivity (Wildman–Crippen MR) is 132 cm³/mol. The molecule has 4 nitrogen and oxygen atoms in total. The van der Waals surface area contributed by atoms with Gasteiger partial charge >= 0.3 is 5.97 Å². The van der Waals surface area contributed by atoms with Gasteiger partial charge < -0.3 is 10.4 Å². The maximum atomic E-state index is 12.8. The van der Waals surface area contributed by atoms with Crippen LogP contribution < -0.4 is 5.32 Å². The molecule has 2 N–H and O–H groups in total. The lowest BCUT2D eigenvalue weighted by Crippen LogP contribution is -2.42. The van der Waals surface area contributed by atoms with E-state index in [1.54, 1.807) is 6.07 Å². The van der Waals surface area contributed by atoms with Crippen LogP contribution in [0.15, 0.2) is 72.8 Å². The molecule has 0 aliphatic heterocycles. The summed E-state index contributed by atoms with van der Waals surface area (Å²) >= 11 is 0. The number of aliphatic carboxylic acids is 1. The van der Waals surface area contributed by atoms with E-state index in [0.717, 1.165) is 47.9 Å². The van der Waals surface area contributed by atoms with Crippen molar-refractivity contribution >= 4 is 11.9 Å². The van der Waals surface area contributed by atoms with Gasteiger partial charge in [-0.15, -0.1) is 0 Å².